The van der Waals surface area contributed by atoms with Gasteiger partial charge < -0.3 is 5.32 Å². The molecule has 1 N–H and O–H groups in total. The number of piperidine rings is 1. The van der Waals surface area contributed by atoms with Gasteiger partial charge in [-0.2, -0.15) is 13.2 Å². The lowest BCUT2D eigenvalue weighted by Crippen LogP contribution is -2.43. The predicted octanol–water partition coefficient (Wildman–Crippen LogP) is 3.16. The molecule has 0 spiro atoms. The molecular formula is C13H16F3N. The van der Waals surface area contributed by atoms with Crippen molar-refractivity contribution in [3.8, 4) is 0 Å². The summed E-state index contributed by atoms with van der Waals surface area (Å²) < 4.78 is 37.9. The van der Waals surface area contributed by atoms with Crippen molar-refractivity contribution in [2.24, 2.45) is 5.92 Å². The summed E-state index contributed by atoms with van der Waals surface area (Å²) in [7, 11) is 0. The molecule has 17 heavy (non-hydrogen) atoms. The van der Waals surface area contributed by atoms with E-state index in [0.717, 1.165) is 5.56 Å². The van der Waals surface area contributed by atoms with Gasteiger partial charge in [0, 0.05) is 6.04 Å². The molecule has 1 heterocycles. The SMILES string of the molecule is FC(F)(F)C1CCNC(Cc2ccccc2)C1. The Balaban J connectivity index is 1.94. The lowest BCUT2D eigenvalue weighted by molar-refractivity contribution is -0.183. The summed E-state index contributed by atoms with van der Waals surface area (Å²) in [6, 6.07) is 9.60. The average Bonchev–Trinajstić information content (AvgIpc) is 2.29. The van der Waals surface area contributed by atoms with Crippen molar-refractivity contribution < 1.29 is 13.2 Å². The maximum atomic E-state index is 12.6. The van der Waals surface area contributed by atoms with E-state index in [0.29, 0.717) is 13.0 Å². The summed E-state index contributed by atoms with van der Waals surface area (Å²) in [4.78, 5) is 0. The molecule has 1 aromatic rings. The molecule has 2 rings (SSSR count). The fourth-order valence-corrected chi connectivity index (χ4v) is 2.36. The fraction of sp³-hybridized carbons (Fsp3) is 0.538. The Hall–Kier alpha value is -1.03. The summed E-state index contributed by atoms with van der Waals surface area (Å²) in [6.45, 7) is 0.460. The van der Waals surface area contributed by atoms with Crippen LogP contribution in [0, 0.1) is 5.92 Å². The Kier molecular flexibility index (Phi) is 3.72. The molecule has 4 heteroatoms. The van der Waals surface area contributed by atoms with Gasteiger partial charge in [0.05, 0.1) is 5.92 Å². The quantitative estimate of drug-likeness (QED) is 0.841. The molecule has 1 fully saturated rings. The largest absolute Gasteiger partial charge is 0.391 e. The number of hydrogen-bond donors (Lipinski definition) is 1. The summed E-state index contributed by atoms with van der Waals surface area (Å²) in [6.07, 6.45) is -2.97. The molecule has 94 valence electrons. The van der Waals surface area contributed by atoms with Gasteiger partial charge in [0.15, 0.2) is 0 Å². The molecule has 0 radical (unpaired) electrons. The monoisotopic (exact) mass is 243 g/mol. The summed E-state index contributed by atoms with van der Waals surface area (Å²) in [5.74, 6) is -1.14. The van der Waals surface area contributed by atoms with Gasteiger partial charge in [-0.1, -0.05) is 30.3 Å². The first-order valence-electron chi connectivity index (χ1n) is 5.90. The van der Waals surface area contributed by atoms with Crippen LogP contribution >= 0.6 is 0 Å². The first kappa shape index (κ1) is 12.4. The standard InChI is InChI=1S/C13H16F3N/c14-13(15,16)11-6-7-17-12(9-11)8-10-4-2-1-3-5-10/h1-5,11-12,17H,6-9H2. The average molecular weight is 243 g/mol. The van der Waals surface area contributed by atoms with Crippen molar-refractivity contribution in [3.05, 3.63) is 35.9 Å². The minimum atomic E-state index is -4.04. The number of hydrogen-bond acceptors (Lipinski definition) is 1. The van der Waals surface area contributed by atoms with Crippen molar-refractivity contribution >= 4 is 0 Å². The van der Waals surface area contributed by atoms with E-state index < -0.39 is 12.1 Å². The normalized spacial score (nSPS) is 25.8. The highest BCUT2D eigenvalue weighted by molar-refractivity contribution is 5.16. The van der Waals surface area contributed by atoms with E-state index in [4.69, 9.17) is 0 Å². The van der Waals surface area contributed by atoms with Crippen LogP contribution in [0.3, 0.4) is 0 Å². The van der Waals surface area contributed by atoms with Crippen LogP contribution < -0.4 is 5.32 Å². The van der Waals surface area contributed by atoms with Crippen LogP contribution in [0.5, 0.6) is 0 Å². The second-order valence-corrected chi connectivity index (χ2v) is 4.60. The molecule has 0 aromatic heterocycles. The maximum Gasteiger partial charge on any atom is 0.391 e. The van der Waals surface area contributed by atoms with Crippen molar-refractivity contribution in [1.82, 2.24) is 5.32 Å². The van der Waals surface area contributed by atoms with Gasteiger partial charge in [-0.3, -0.25) is 0 Å². The molecule has 1 aliphatic heterocycles. The minimum Gasteiger partial charge on any atom is -0.314 e. The summed E-state index contributed by atoms with van der Waals surface area (Å²) >= 11 is 0. The zero-order chi connectivity index (χ0) is 12.3. The maximum absolute atomic E-state index is 12.6. The Morgan fingerprint density at radius 1 is 1.18 bits per heavy atom. The Morgan fingerprint density at radius 2 is 1.88 bits per heavy atom. The number of halogens is 3. The van der Waals surface area contributed by atoms with Gasteiger partial charge in [0.1, 0.15) is 0 Å². The smallest absolute Gasteiger partial charge is 0.314 e. The second kappa shape index (κ2) is 5.08. The molecule has 2 atom stereocenters. The van der Waals surface area contributed by atoms with Crippen molar-refractivity contribution in [3.63, 3.8) is 0 Å². The van der Waals surface area contributed by atoms with Crippen molar-refractivity contribution in [2.75, 3.05) is 6.54 Å². The molecule has 2 unspecified atom stereocenters. The van der Waals surface area contributed by atoms with Crippen molar-refractivity contribution in [1.29, 1.82) is 0 Å². The minimum absolute atomic E-state index is 0.0576. The highest BCUT2D eigenvalue weighted by atomic mass is 19.4. The van der Waals surface area contributed by atoms with Crippen LogP contribution in [0.15, 0.2) is 30.3 Å². The van der Waals surface area contributed by atoms with Gasteiger partial charge in [0.25, 0.3) is 0 Å². The third-order valence-electron chi connectivity index (χ3n) is 3.28. The van der Waals surface area contributed by atoms with Crippen LogP contribution in [0.25, 0.3) is 0 Å². The van der Waals surface area contributed by atoms with Gasteiger partial charge in [-0.15, -0.1) is 0 Å². The predicted molar refractivity (Wildman–Crippen MR) is 60.7 cm³/mol. The van der Waals surface area contributed by atoms with Gasteiger partial charge >= 0.3 is 6.18 Å². The van der Waals surface area contributed by atoms with Crippen LogP contribution in [0.4, 0.5) is 13.2 Å². The van der Waals surface area contributed by atoms with Crippen LogP contribution in [-0.2, 0) is 6.42 Å². The van der Waals surface area contributed by atoms with Crippen LogP contribution in [-0.4, -0.2) is 18.8 Å². The number of rotatable bonds is 2. The van der Waals surface area contributed by atoms with Gasteiger partial charge in [0.2, 0.25) is 0 Å². The Bertz CT molecular complexity index is 347. The van der Waals surface area contributed by atoms with E-state index in [2.05, 4.69) is 5.32 Å². The highest BCUT2D eigenvalue weighted by Crippen LogP contribution is 2.34. The van der Waals surface area contributed by atoms with Gasteiger partial charge in [-0.05, 0) is 31.4 Å². The van der Waals surface area contributed by atoms with E-state index in [1.165, 1.54) is 0 Å². The molecule has 1 saturated heterocycles. The topological polar surface area (TPSA) is 12.0 Å². The van der Waals surface area contributed by atoms with Crippen LogP contribution in [0.2, 0.25) is 0 Å². The zero-order valence-corrected chi connectivity index (χ0v) is 9.50. The van der Waals surface area contributed by atoms with E-state index in [9.17, 15) is 13.2 Å². The molecular weight excluding hydrogens is 227 g/mol. The van der Waals surface area contributed by atoms with Crippen molar-refractivity contribution in [2.45, 2.75) is 31.5 Å². The molecule has 0 aliphatic carbocycles. The number of alkyl halides is 3. The number of benzene rings is 1. The lowest BCUT2D eigenvalue weighted by atomic mass is 9.89. The Labute approximate surface area is 99.0 Å². The summed E-state index contributed by atoms with van der Waals surface area (Å²) in [5.41, 5.74) is 1.09. The van der Waals surface area contributed by atoms with Gasteiger partial charge in [-0.25, -0.2) is 0 Å². The molecule has 1 nitrogen and oxygen atoms in total. The fourth-order valence-electron chi connectivity index (χ4n) is 2.36. The molecule has 1 aromatic carbocycles. The molecule has 0 bridgehead atoms. The zero-order valence-electron chi connectivity index (χ0n) is 9.50. The van der Waals surface area contributed by atoms with E-state index in [1.54, 1.807) is 0 Å². The lowest BCUT2D eigenvalue weighted by Gasteiger charge is -2.31. The molecule has 0 amide bonds. The highest BCUT2D eigenvalue weighted by Gasteiger charge is 2.41. The number of nitrogens with one attached hydrogen (secondary N) is 1. The van der Waals surface area contributed by atoms with E-state index in [1.807, 2.05) is 30.3 Å². The molecule has 0 saturated carbocycles. The second-order valence-electron chi connectivity index (χ2n) is 4.60. The summed E-state index contributed by atoms with van der Waals surface area (Å²) in [5, 5.41) is 3.17. The third kappa shape index (κ3) is 3.46. The first-order chi connectivity index (χ1) is 8.05. The Morgan fingerprint density at radius 3 is 2.53 bits per heavy atom. The molecule has 1 aliphatic rings. The van der Waals surface area contributed by atoms with E-state index >= 15 is 0 Å². The van der Waals surface area contributed by atoms with E-state index in [-0.39, 0.29) is 18.9 Å². The first-order valence-corrected chi connectivity index (χ1v) is 5.90. The third-order valence-corrected chi connectivity index (χ3v) is 3.28. The van der Waals surface area contributed by atoms with Crippen LogP contribution in [0.1, 0.15) is 18.4 Å².